The van der Waals surface area contributed by atoms with Gasteiger partial charge in [0.25, 0.3) is 0 Å². The van der Waals surface area contributed by atoms with Gasteiger partial charge in [0, 0.05) is 28.4 Å². The van der Waals surface area contributed by atoms with Crippen molar-refractivity contribution in [3.63, 3.8) is 0 Å². The van der Waals surface area contributed by atoms with Crippen LogP contribution in [0.2, 0.25) is 5.02 Å². The predicted octanol–water partition coefficient (Wildman–Crippen LogP) is 4.27. The van der Waals surface area contributed by atoms with Crippen LogP contribution in [0, 0.1) is 0 Å². The molecule has 0 bridgehead atoms. The fourth-order valence-corrected chi connectivity index (χ4v) is 3.01. The molecule has 1 aromatic carbocycles. The second-order valence-corrected chi connectivity index (χ2v) is 5.87. The van der Waals surface area contributed by atoms with E-state index < -0.39 is 0 Å². The highest BCUT2D eigenvalue weighted by Gasteiger charge is 2.12. The van der Waals surface area contributed by atoms with Crippen LogP contribution in [-0.4, -0.2) is 14.2 Å². The van der Waals surface area contributed by atoms with Crippen molar-refractivity contribution in [2.45, 2.75) is 19.5 Å². The first-order valence-corrected chi connectivity index (χ1v) is 7.58. The maximum absolute atomic E-state index is 5.93. The molecule has 1 N–H and O–H groups in total. The molecule has 2 rings (SSSR count). The Hall–Kier alpha value is -1.23. The van der Waals surface area contributed by atoms with Gasteiger partial charge in [-0.05, 0) is 31.2 Å². The lowest BCUT2D eigenvalue weighted by atomic mass is 10.1. The van der Waals surface area contributed by atoms with Gasteiger partial charge in [0.15, 0.2) is 0 Å². The van der Waals surface area contributed by atoms with Crippen LogP contribution in [0.1, 0.15) is 23.4 Å². The van der Waals surface area contributed by atoms with Crippen molar-refractivity contribution in [3.8, 4) is 11.5 Å². The van der Waals surface area contributed by atoms with Gasteiger partial charge in [-0.3, -0.25) is 0 Å². The van der Waals surface area contributed by atoms with Crippen LogP contribution in [0.25, 0.3) is 0 Å². The van der Waals surface area contributed by atoms with E-state index in [1.807, 2.05) is 29.6 Å². The highest BCUT2D eigenvalue weighted by Crippen LogP contribution is 2.29. The fraction of sp³-hybridized carbons (Fsp3) is 0.333. The third-order valence-electron chi connectivity index (χ3n) is 3.11. The van der Waals surface area contributed by atoms with Crippen LogP contribution < -0.4 is 14.8 Å². The van der Waals surface area contributed by atoms with E-state index >= 15 is 0 Å². The highest BCUT2D eigenvalue weighted by atomic mass is 35.5. The van der Waals surface area contributed by atoms with Gasteiger partial charge < -0.3 is 14.8 Å². The molecule has 1 aromatic heterocycles. The Labute approximate surface area is 128 Å². The molecule has 0 aliphatic heterocycles. The zero-order valence-corrected chi connectivity index (χ0v) is 13.3. The van der Waals surface area contributed by atoms with E-state index in [1.165, 1.54) is 4.88 Å². The average Bonchev–Trinajstić information content (AvgIpc) is 2.89. The van der Waals surface area contributed by atoms with Crippen molar-refractivity contribution < 1.29 is 9.47 Å². The van der Waals surface area contributed by atoms with Gasteiger partial charge in [-0.25, -0.2) is 0 Å². The number of hydrogen-bond donors (Lipinski definition) is 1. The molecular formula is C15H18ClNO2S. The van der Waals surface area contributed by atoms with Crippen LogP contribution in [0.4, 0.5) is 0 Å². The first kappa shape index (κ1) is 15.2. The first-order valence-electron chi connectivity index (χ1n) is 6.32. The molecule has 1 atom stereocenters. The molecule has 5 heteroatoms. The van der Waals surface area contributed by atoms with E-state index in [2.05, 4.69) is 12.2 Å². The van der Waals surface area contributed by atoms with Crippen LogP contribution in [0.5, 0.6) is 11.5 Å². The molecule has 1 unspecified atom stereocenters. The van der Waals surface area contributed by atoms with Crippen LogP contribution in [-0.2, 0) is 6.54 Å². The van der Waals surface area contributed by atoms with Crippen molar-refractivity contribution >= 4 is 22.9 Å². The number of hydrogen-bond acceptors (Lipinski definition) is 4. The molecule has 0 amide bonds. The summed E-state index contributed by atoms with van der Waals surface area (Å²) in [5.41, 5.74) is 1.08. The molecule has 108 valence electrons. The topological polar surface area (TPSA) is 30.5 Å². The zero-order chi connectivity index (χ0) is 14.5. The predicted molar refractivity (Wildman–Crippen MR) is 84.1 cm³/mol. The molecule has 0 fully saturated rings. The lowest BCUT2D eigenvalue weighted by Crippen LogP contribution is -2.18. The van der Waals surface area contributed by atoms with Crippen LogP contribution >= 0.6 is 22.9 Å². The fourth-order valence-electron chi connectivity index (χ4n) is 1.99. The van der Waals surface area contributed by atoms with Crippen molar-refractivity contribution in [1.82, 2.24) is 5.32 Å². The molecule has 0 spiro atoms. The minimum absolute atomic E-state index is 0.154. The van der Waals surface area contributed by atoms with Gasteiger partial charge in [-0.15, -0.1) is 11.3 Å². The molecule has 0 saturated carbocycles. The molecule has 0 saturated heterocycles. The molecule has 2 aromatic rings. The SMILES string of the molecule is COc1ccc(OC)c(C(C)NCc2cc(Cl)cs2)c1. The molecule has 3 nitrogen and oxygen atoms in total. The molecular weight excluding hydrogens is 294 g/mol. The number of nitrogens with one attached hydrogen (secondary N) is 1. The van der Waals surface area contributed by atoms with Crippen molar-refractivity contribution in [2.24, 2.45) is 0 Å². The zero-order valence-electron chi connectivity index (χ0n) is 11.8. The third kappa shape index (κ3) is 3.66. The Bertz CT molecular complexity index is 571. The molecule has 20 heavy (non-hydrogen) atoms. The second-order valence-electron chi connectivity index (χ2n) is 4.44. The van der Waals surface area contributed by atoms with Gasteiger partial charge in [0.2, 0.25) is 0 Å². The lowest BCUT2D eigenvalue weighted by molar-refractivity contribution is 0.391. The first-order chi connectivity index (χ1) is 9.63. The van der Waals surface area contributed by atoms with E-state index in [0.717, 1.165) is 28.6 Å². The van der Waals surface area contributed by atoms with E-state index in [0.29, 0.717) is 0 Å². The second kappa shape index (κ2) is 6.97. The summed E-state index contributed by atoms with van der Waals surface area (Å²) in [6.07, 6.45) is 0. The quantitative estimate of drug-likeness (QED) is 0.864. The maximum atomic E-state index is 5.93. The van der Waals surface area contributed by atoms with Crippen molar-refractivity contribution in [1.29, 1.82) is 0 Å². The van der Waals surface area contributed by atoms with Crippen LogP contribution in [0.3, 0.4) is 0 Å². The van der Waals surface area contributed by atoms with Gasteiger partial charge in [0.05, 0.1) is 19.2 Å². The molecule has 0 aliphatic carbocycles. The van der Waals surface area contributed by atoms with Gasteiger partial charge in [-0.2, -0.15) is 0 Å². The summed E-state index contributed by atoms with van der Waals surface area (Å²) in [5, 5.41) is 6.20. The summed E-state index contributed by atoms with van der Waals surface area (Å²) in [5.74, 6) is 1.68. The van der Waals surface area contributed by atoms with Gasteiger partial charge >= 0.3 is 0 Å². The Morgan fingerprint density at radius 2 is 2.05 bits per heavy atom. The van der Waals surface area contributed by atoms with Gasteiger partial charge in [-0.1, -0.05) is 11.6 Å². The summed E-state index contributed by atoms with van der Waals surface area (Å²) in [6.45, 7) is 2.88. The average molecular weight is 312 g/mol. The Balaban J connectivity index is 2.09. The van der Waals surface area contributed by atoms with Crippen molar-refractivity contribution in [2.75, 3.05) is 14.2 Å². The summed E-state index contributed by atoms with van der Waals surface area (Å²) >= 11 is 7.58. The van der Waals surface area contributed by atoms with E-state index in [4.69, 9.17) is 21.1 Å². The Morgan fingerprint density at radius 1 is 1.25 bits per heavy atom. The molecule has 0 aliphatic rings. The van der Waals surface area contributed by atoms with Crippen LogP contribution in [0.15, 0.2) is 29.6 Å². The number of methoxy groups -OCH3 is 2. The number of ether oxygens (including phenoxy) is 2. The minimum atomic E-state index is 0.154. The Kier molecular flexibility index (Phi) is 5.29. The summed E-state index contributed by atoms with van der Waals surface area (Å²) in [7, 11) is 3.34. The summed E-state index contributed by atoms with van der Waals surface area (Å²) in [4.78, 5) is 1.21. The number of halogens is 1. The Morgan fingerprint density at radius 3 is 2.65 bits per heavy atom. The standard InChI is InChI=1S/C15H18ClNO2S/c1-10(17-8-13-6-11(16)9-20-13)14-7-12(18-2)4-5-15(14)19-3/h4-7,9-10,17H,8H2,1-3H3. The summed E-state index contributed by atoms with van der Waals surface area (Å²) < 4.78 is 10.7. The summed E-state index contributed by atoms with van der Waals surface area (Å²) in [6, 6.07) is 7.95. The normalized spacial score (nSPS) is 12.2. The minimum Gasteiger partial charge on any atom is -0.497 e. The maximum Gasteiger partial charge on any atom is 0.123 e. The molecule has 1 heterocycles. The number of thiophene rings is 1. The lowest BCUT2D eigenvalue weighted by Gasteiger charge is -2.18. The number of benzene rings is 1. The molecule has 0 radical (unpaired) electrons. The van der Waals surface area contributed by atoms with E-state index in [-0.39, 0.29) is 6.04 Å². The van der Waals surface area contributed by atoms with Crippen molar-refractivity contribution in [3.05, 3.63) is 45.1 Å². The highest BCUT2D eigenvalue weighted by molar-refractivity contribution is 7.10. The largest absolute Gasteiger partial charge is 0.497 e. The van der Waals surface area contributed by atoms with E-state index in [9.17, 15) is 0 Å². The smallest absolute Gasteiger partial charge is 0.123 e. The van der Waals surface area contributed by atoms with Gasteiger partial charge in [0.1, 0.15) is 11.5 Å². The third-order valence-corrected chi connectivity index (χ3v) is 4.39. The number of rotatable bonds is 6. The van der Waals surface area contributed by atoms with E-state index in [1.54, 1.807) is 25.6 Å². The monoisotopic (exact) mass is 311 g/mol.